The van der Waals surface area contributed by atoms with Gasteiger partial charge in [0.2, 0.25) is 5.78 Å². The van der Waals surface area contributed by atoms with E-state index in [0.717, 1.165) is 36.9 Å². The van der Waals surface area contributed by atoms with Crippen LogP contribution in [0.5, 0.6) is 5.75 Å². The molecule has 5 heteroatoms. The lowest BCUT2D eigenvalue weighted by Crippen LogP contribution is -2.34. The van der Waals surface area contributed by atoms with Crippen molar-refractivity contribution in [3.63, 3.8) is 0 Å². The van der Waals surface area contributed by atoms with Gasteiger partial charge in [0.1, 0.15) is 12.4 Å². The quantitative estimate of drug-likeness (QED) is 0.716. The maximum Gasteiger partial charge on any atom is 0.234 e. The minimum absolute atomic E-state index is 0.449. The summed E-state index contributed by atoms with van der Waals surface area (Å²) in [5.74, 6) is 1.74. The highest BCUT2D eigenvalue weighted by Crippen LogP contribution is 2.22. The Hall–Kier alpha value is -2.40. The molecule has 0 spiro atoms. The molecule has 1 fully saturated rings. The SMILES string of the molecule is Cc1cc(C)n2c(CN3CCC[C@H]3COc3ccccc3)cnc2n1. The molecule has 1 saturated heterocycles. The molecule has 1 aliphatic heterocycles. The lowest BCUT2D eigenvalue weighted by atomic mass is 10.2. The van der Waals surface area contributed by atoms with E-state index in [0.29, 0.717) is 6.04 Å². The van der Waals surface area contributed by atoms with E-state index in [1.54, 1.807) is 0 Å². The van der Waals surface area contributed by atoms with Gasteiger partial charge in [-0.2, -0.15) is 0 Å². The Morgan fingerprint density at radius 1 is 1.20 bits per heavy atom. The Bertz CT molecular complexity index is 859. The summed E-state index contributed by atoms with van der Waals surface area (Å²) in [6.07, 6.45) is 4.36. The van der Waals surface area contributed by atoms with Gasteiger partial charge in [-0.05, 0) is 51.4 Å². The summed E-state index contributed by atoms with van der Waals surface area (Å²) in [5, 5.41) is 0. The van der Waals surface area contributed by atoms with Gasteiger partial charge in [-0.25, -0.2) is 9.97 Å². The summed E-state index contributed by atoms with van der Waals surface area (Å²) in [7, 11) is 0. The standard InChI is InChI=1S/C20H24N4O/c1-15-11-16(2)24-18(12-21-20(24)22-15)13-23-10-6-7-17(23)14-25-19-8-4-3-5-9-19/h3-5,8-9,11-12,17H,6-7,10,13-14H2,1-2H3/t17-/m0/s1. The zero-order chi connectivity index (χ0) is 17.2. The summed E-state index contributed by atoms with van der Waals surface area (Å²) in [6.45, 7) is 6.85. The molecule has 1 aliphatic rings. The average molecular weight is 336 g/mol. The zero-order valence-corrected chi connectivity index (χ0v) is 14.9. The van der Waals surface area contributed by atoms with Gasteiger partial charge < -0.3 is 4.74 Å². The van der Waals surface area contributed by atoms with Gasteiger partial charge >= 0.3 is 0 Å². The van der Waals surface area contributed by atoms with Crippen molar-refractivity contribution < 1.29 is 4.74 Å². The number of aromatic nitrogens is 3. The van der Waals surface area contributed by atoms with Gasteiger partial charge in [0.05, 0.1) is 11.9 Å². The fourth-order valence-electron chi connectivity index (χ4n) is 3.72. The molecule has 0 saturated carbocycles. The lowest BCUT2D eigenvalue weighted by Gasteiger charge is -2.24. The fraction of sp³-hybridized carbons (Fsp3) is 0.400. The van der Waals surface area contributed by atoms with Crippen molar-refractivity contribution in [3.8, 4) is 5.75 Å². The monoisotopic (exact) mass is 336 g/mol. The maximum atomic E-state index is 5.99. The van der Waals surface area contributed by atoms with Crippen LogP contribution in [0.2, 0.25) is 0 Å². The molecule has 0 unspecified atom stereocenters. The molecule has 0 N–H and O–H groups in total. The third kappa shape index (κ3) is 3.37. The second-order valence-electron chi connectivity index (χ2n) is 6.81. The van der Waals surface area contributed by atoms with Crippen LogP contribution in [0.15, 0.2) is 42.6 Å². The van der Waals surface area contributed by atoms with E-state index in [2.05, 4.69) is 32.3 Å². The predicted octanol–water partition coefficient (Wildman–Crippen LogP) is 3.39. The Kier molecular flexibility index (Phi) is 4.40. The molecular formula is C20H24N4O. The topological polar surface area (TPSA) is 42.7 Å². The number of benzene rings is 1. The van der Waals surface area contributed by atoms with Crippen molar-refractivity contribution in [2.75, 3.05) is 13.2 Å². The van der Waals surface area contributed by atoms with E-state index >= 15 is 0 Å². The van der Waals surface area contributed by atoms with Crippen LogP contribution in [0.1, 0.15) is 29.9 Å². The summed E-state index contributed by atoms with van der Waals surface area (Å²) in [5.41, 5.74) is 3.40. The van der Waals surface area contributed by atoms with Gasteiger partial charge in [0.15, 0.2) is 0 Å². The highest BCUT2D eigenvalue weighted by Gasteiger charge is 2.26. The fourth-order valence-corrected chi connectivity index (χ4v) is 3.72. The molecule has 25 heavy (non-hydrogen) atoms. The lowest BCUT2D eigenvalue weighted by molar-refractivity contribution is 0.165. The largest absolute Gasteiger partial charge is 0.492 e. The summed E-state index contributed by atoms with van der Waals surface area (Å²) < 4.78 is 8.16. The minimum Gasteiger partial charge on any atom is -0.492 e. The van der Waals surface area contributed by atoms with Gasteiger partial charge in [0.25, 0.3) is 0 Å². The first-order chi connectivity index (χ1) is 12.2. The van der Waals surface area contributed by atoms with Crippen LogP contribution in [-0.2, 0) is 6.54 Å². The molecule has 2 aromatic heterocycles. The van der Waals surface area contributed by atoms with Crippen LogP contribution in [0, 0.1) is 13.8 Å². The van der Waals surface area contributed by atoms with Gasteiger partial charge in [-0.1, -0.05) is 18.2 Å². The van der Waals surface area contributed by atoms with Gasteiger partial charge in [-0.15, -0.1) is 0 Å². The van der Waals surface area contributed by atoms with E-state index in [1.807, 2.05) is 43.5 Å². The molecule has 0 bridgehead atoms. The predicted molar refractivity (Wildman–Crippen MR) is 97.8 cm³/mol. The number of hydrogen-bond donors (Lipinski definition) is 0. The third-order valence-electron chi connectivity index (χ3n) is 4.91. The van der Waals surface area contributed by atoms with Crippen molar-refractivity contribution in [2.24, 2.45) is 0 Å². The van der Waals surface area contributed by atoms with Crippen molar-refractivity contribution >= 4 is 5.78 Å². The molecule has 5 nitrogen and oxygen atoms in total. The number of likely N-dealkylation sites (tertiary alicyclic amines) is 1. The second-order valence-corrected chi connectivity index (χ2v) is 6.81. The number of hydrogen-bond acceptors (Lipinski definition) is 4. The first-order valence-corrected chi connectivity index (χ1v) is 8.93. The van der Waals surface area contributed by atoms with Crippen LogP contribution in [0.4, 0.5) is 0 Å². The van der Waals surface area contributed by atoms with Crippen molar-refractivity contribution in [1.82, 2.24) is 19.3 Å². The molecule has 0 aliphatic carbocycles. The highest BCUT2D eigenvalue weighted by molar-refractivity contribution is 5.35. The Morgan fingerprint density at radius 3 is 2.88 bits per heavy atom. The number of fused-ring (bicyclic) bond motifs is 1. The molecular weight excluding hydrogens is 312 g/mol. The molecule has 1 aromatic carbocycles. The van der Waals surface area contributed by atoms with Gasteiger partial charge in [-0.3, -0.25) is 9.30 Å². The van der Waals surface area contributed by atoms with E-state index in [9.17, 15) is 0 Å². The van der Waals surface area contributed by atoms with Gasteiger partial charge in [0, 0.05) is 24.0 Å². The summed E-state index contributed by atoms with van der Waals surface area (Å²) in [6, 6.07) is 12.6. The normalized spacial score (nSPS) is 18.1. The minimum atomic E-state index is 0.449. The van der Waals surface area contributed by atoms with Crippen LogP contribution < -0.4 is 4.74 Å². The number of nitrogens with zero attached hydrogens (tertiary/aromatic N) is 4. The molecule has 4 rings (SSSR count). The van der Waals surface area contributed by atoms with Crippen LogP contribution >= 0.6 is 0 Å². The molecule has 0 amide bonds. The molecule has 0 radical (unpaired) electrons. The first kappa shape index (κ1) is 16.1. The molecule has 1 atom stereocenters. The Labute approximate surface area is 148 Å². The molecule has 3 heterocycles. The van der Waals surface area contributed by atoms with E-state index in [-0.39, 0.29) is 0 Å². The number of rotatable bonds is 5. The van der Waals surface area contributed by atoms with Crippen LogP contribution in [-0.4, -0.2) is 38.5 Å². The highest BCUT2D eigenvalue weighted by atomic mass is 16.5. The Morgan fingerprint density at radius 2 is 2.04 bits per heavy atom. The second kappa shape index (κ2) is 6.84. The van der Waals surface area contributed by atoms with E-state index in [4.69, 9.17) is 4.74 Å². The molecule has 130 valence electrons. The number of para-hydroxylation sites is 1. The maximum absolute atomic E-state index is 5.99. The number of ether oxygens (including phenoxy) is 1. The van der Waals surface area contributed by atoms with Crippen LogP contribution in [0.25, 0.3) is 5.78 Å². The summed E-state index contributed by atoms with van der Waals surface area (Å²) in [4.78, 5) is 11.5. The zero-order valence-electron chi connectivity index (χ0n) is 14.9. The van der Waals surface area contributed by atoms with Crippen molar-refractivity contribution in [3.05, 3.63) is 59.7 Å². The number of imidazole rings is 1. The first-order valence-electron chi connectivity index (χ1n) is 8.93. The van der Waals surface area contributed by atoms with Crippen molar-refractivity contribution in [2.45, 2.75) is 39.3 Å². The van der Waals surface area contributed by atoms with Crippen LogP contribution in [0.3, 0.4) is 0 Å². The van der Waals surface area contributed by atoms with Crippen molar-refractivity contribution in [1.29, 1.82) is 0 Å². The van der Waals surface area contributed by atoms with E-state index in [1.165, 1.54) is 24.2 Å². The molecule has 3 aromatic rings. The number of aryl methyl sites for hydroxylation is 2. The average Bonchev–Trinajstić information content (AvgIpc) is 3.21. The van der Waals surface area contributed by atoms with E-state index < -0.39 is 0 Å². The summed E-state index contributed by atoms with van der Waals surface area (Å²) >= 11 is 0. The Balaban J connectivity index is 1.48. The smallest absolute Gasteiger partial charge is 0.234 e. The third-order valence-corrected chi connectivity index (χ3v) is 4.91.